The Hall–Kier alpha value is -1.78. The lowest BCUT2D eigenvalue weighted by molar-refractivity contribution is -0.140. The second-order valence-electron chi connectivity index (χ2n) is 5.81. The Morgan fingerprint density at radius 1 is 1.47 bits per heavy atom. The van der Waals surface area contributed by atoms with Crippen LogP contribution in [0.1, 0.15) is 26.5 Å². The quantitative estimate of drug-likeness (QED) is 0.849. The van der Waals surface area contributed by atoms with Gasteiger partial charge >= 0.3 is 5.97 Å². The average molecular weight is 265 g/mol. The predicted molar refractivity (Wildman–Crippen MR) is 68.4 cm³/mol. The van der Waals surface area contributed by atoms with E-state index in [1.165, 1.54) is 0 Å². The van der Waals surface area contributed by atoms with Crippen molar-refractivity contribution < 1.29 is 19.1 Å². The van der Waals surface area contributed by atoms with Crippen molar-refractivity contribution in [1.29, 1.82) is 0 Å². The van der Waals surface area contributed by atoms with Gasteiger partial charge in [-0.15, -0.1) is 0 Å². The van der Waals surface area contributed by atoms with Crippen molar-refractivity contribution in [3.8, 4) is 0 Å². The number of amides is 1. The molecule has 1 fully saturated rings. The van der Waals surface area contributed by atoms with E-state index in [2.05, 4.69) is 5.32 Å². The van der Waals surface area contributed by atoms with Crippen molar-refractivity contribution in [3.63, 3.8) is 0 Å². The normalized spacial score (nSPS) is 25.6. The summed E-state index contributed by atoms with van der Waals surface area (Å²) in [6.45, 7) is 5.51. The molecule has 1 aliphatic rings. The van der Waals surface area contributed by atoms with Crippen LogP contribution in [0.4, 0.5) is 0 Å². The summed E-state index contributed by atoms with van der Waals surface area (Å²) in [7, 11) is 0. The van der Waals surface area contributed by atoms with Gasteiger partial charge < -0.3 is 14.8 Å². The van der Waals surface area contributed by atoms with Gasteiger partial charge in [-0.3, -0.25) is 9.59 Å². The molecule has 19 heavy (non-hydrogen) atoms. The van der Waals surface area contributed by atoms with Crippen LogP contribution in [0.15, 0.2) is 22.8 Å². The van der Waals surface area contributed by atoms with Gasteiger partial charge in [0.2, 0.25) is 5.91 Å². The van der Waals surface area contributed by atoms with Gasteiger partial charge in [0.25, 0.3) is 0 Å². The molecule has 1 amide bonds. The monoisotopic (exact) mass is 265 g/mol. The van der Waals surface area contributed by atoms with E-state index in [0.717, 1.165) is 5.76 Å². The molecule has 3 atom stereocenters. The predicted octanol–water partition coefficient (Wildman–Crippen LogP) is 1.68. The van der Waals surface area contributed by atoms with Gasteiger partial charge in [0.05, 0.1) is 18.1 Å². The summed E-state index contributed by atoms with van der Waals surface area (Å²) < 4.78 is 5.22. The number of aliphatic carboxylic acids is 1. The molecule has 2 N–H and O–H groups in total. The van der Waals surface area contributed by atoms with Crippen LogP contribution < -0.4 is 5.32 Å². The molecule has 1 heterocycles. The van der Waals surface area contributed by atoms with Crippen molar-refractivity contribution >= 4 is 11.9 Å². The molecule has 5 heteroatoms. The number of rotatable bonds is 5. The fourth-order valence-electron chi connectivity index (χ4n) is 2.70. The minimum absolute atomic E-state index is 0.0792. The van der Waals surface area contributed by atoms with Crippen molar-refractivity contribution in [2.45, 2.75) is 33.2 Å². The van der Waals surface area contributed by atoms with E-state index >= 15 is 0 Å². The molecule has 1 aliphatic carbocycles. The van der Waals surface area contributed by atoms with Crippen LogP contribution in [0.25, 0.3) is 0 Å². The first-order chi connectivity index (χ1) is 8.84. The summed E-state index contributed by atoms with van der Waals surface area (Å²) in [6, 6.07) is 3.57. The summed E-state index contributed by atoms with van der Waals surface area (Å²) in [5.74, 6) is -1.30. The lowest BCUT2D eigenvalue weighted by atomic mass is 10.1. The summed E-state index contributed by atoms with van der Waals surface area (Å²) in [5.41, 5.74) is -0.458. The first-order valence-corrected chi connectivity index (χ1v) is 6.39. The van der Waals surface area contributed by atoms with Crippen LogP contribution >= 0.6 is 0 Å². The Labute approximate surface area is 112 Å². The van der Waals surface area contributed by atoms with Crippen molar-refractivity contribution in [2.24, 2.45) is 17.3 Å². The van der Waals surface area contributed by atoms with Crippen molar-refractivity contribution in [1.82, 2.24) is 5.32 Å². The van der Waals surface area contributed by atoms with E-state index in [1.807, 2.05) is 26.8 Å². The number of furan rings is 1. The number of carboxylic acids is 1. The molecule has 104 valence electrons. The van der Waals surface area contributed by atoms with Crippen molar-refractivity contribution in [3.05, 3.63) is 24.2 Å². The molecule has 2 rings (SSSR count). The van der Waals surface area contributed by atoms with Crippen LogP contribution in [0.2, 0.25) is 0 Å². The molecule has 1 unspecified atom stereocenters. The molecule has 0 saturated heterocycles. The van der Waals surface area contributed by atoms with Crippen LogP contribution in [0.5, 0.6) is 0 Å². The first-order valence-electron chi connectivity index (χ1n) is 6.39. The number of nitrogens with one attached hydrogen (secondary N) is 1. The fraction of sp³-hybridized carbons (Fsp3) is 0.571. The molecule has 1 aromatic heterocycles. The molecule has 0 aromatic carbocycles. The molecule has 1 aromatic rings. The third kappa shape index (κ3) is 2.64. The molecule has 0 bridgehead atoms. The number of carbonyl (C=O) groups is 2. The van der Waals surface area contributed by atoms with Gasteiger partial charge in [-0.2, -0.15) is 0 Å². The second-order valence-corrected chi connectivity index (χ2v) is 5.81. The Morgan fingerprint density at radius 2 is 2.16 bits per heavy atom. The zero-order valence-corrected chi connectivity index (χ0v) is 11.3. The fourth-order valence-corrected chi connectivity index (χ4v) is 2.70. The Kier molecular flexibility index (Phi) is 3.39. The number of hydrogen-bond donors (Lipinski definition) is 2. The SMILES string of the molecule is CC(Cc1ccco1)NC(=O)[C@H]1[C@@H](C(=O)O)C1(C)C. The Morgan fingerprint density at radius 3 is 2.63 bits per heavy atom. The third-order valence-electron chi connectivity index (χ3n) is 3.85. The van der Waals surface area contributed by atoms with E-state index in [4.69, 9.17) is 9.52 Å². The van der Waals surface area contributed by atoms with E-state index in [0.29, 0.717) is 6.42 Å². The highest BCUT2D eigenvalue weighted by molar-refractivity contribution is 5.91. The largest absolute Gasteiger partial charge is 0.481 e. The standard InChI is InChI=1S/C14H19NO4/c1-8(7-9-5-4-6-19-9)15-12(16)10-11(13(17)18)14(10,2)3/h4-6,8,10-11H,7H2,1-3H3,(H,15,16)(H,17,18)/t8?,10-,11+/m1/s1. The highest BCUT2D eigenvalue weighted by Crippen LogP contribution is 2.58. The van der Waals surface area contributed by atoms with Crippen LogP contribution in [0, 0.1) is 17.3 Å². The maximum Gasteiger partial charge on any atom is 0.307 e. The van der Waals surface area contributed by atoms with E-state index in [9.17, 15) is 9.59 Å². The number of carboxylic acid groups (broad SMARTS) is 1. The topological polar surface area (TPSA) is 79.5 Å². The molecule has 5 nitrogen and oxygen atoms in total. The molecule has 0 radical (unpaired) electrons. The second kappa shape index (κ2) is 4.72. The molecular weight excluding hydrogens is 246 g/mol. The summed E-state index contributed by atoms with van der Waals surface area (Å²) in [6.07, 6.45) is 2.19. The number of hydrogen-bond acceptors (Lipinski definition) is 3. The molecular formula is C14H19NO4. The van der Waals surface area contributed by atoms with Gasteiger partial charge in [0, 0.05) is 12.5 Å². The van der Waals surface area contributed by atoms with Gasteiger partial charge in [-0.25, -0.2) is 0 Å². The highest BCUT2D eigenvalue weighted by Gasteiger charge is 2.65. The summed E-state index contributed by atoms with van der Waals surface area (Å²) >= 11 is 0. The first kappa shape index (κ1) is 13.6. The maximum atomic E-state index is 12.1. The van der Waals surface area contributed by atoms with Gasteiger partial charge in [-0.1, -0.05) is 13.8 Å². The minimum atomic E-state index is -0.899. The zero-order chi connectivity index (χ0) is 14.2. The van der Waals surface area contributed by atoms with Crippen LogP contribution in [-0.2, 0) is 16.0 Å². The number of carbonyl (C=O) groups excluding carboxylic acids is 1. The Bertz CT molecular complexity index is 478. The smallest absolute Gasteiger partial charge is 0.307 e. The van der Waals surface area contributed by atoms with E-state index in [-0.39, 0.29) is 11.9 Å². The van der Waals surface area contributed by atoms with Crippen LogP contribution in [0.3, 0.4) is 0 Å². The van der Waals surface area contributed by atoms with Crippen LogP contribution in [-0.4, -0.2) is 23.0 Å². The van der Waals surface area contributed by atoms with Gasteiger partial charge in [0.15, 0.2) is 0 Å². The summed E-state index contributed by atoms with van der Waals surface area (Å²) in [4.78, 5) is 23.1. The third-order valence-corrected chi connectivity index (χ3v) is 3.85. The minimum Gasteiger partial charge on any atom is -0.481 e. The summed E-state index contributed by atoms with van der Waals surface area (Å²) in [5, 5.41) is 11.9. The molecule has 0 spiro atoms. The maximum absolute atomic E-state index is 12.1. The lowest BCUT2D eigenvalue weighted by Crippen LogP contribution is -2.36. The highest BCUT2D eigenvalue weighted by atomic mass is 16.4. The Balaban J connectivity index is 1.90. The molecule has 1 saturated carbocycles. The zero-order valence-electron chi connectivity index (χ0n) is 11.3. The molecule has 0 aliphatic heterocycles. The lowest BCUT2D eigenvalue weighted by Gasteiger charge is -2.13. The van der Waals surface area contributed by atoms with Gasteiger partial charge in [0.1, 0.15) is 5.76 Å². The van der Waals surface area contributed by atoms with E-state index in [1.54, 1.807) is 12.3 Å². The van der Waals surface area contributed by atoms with Crippen molar-refractivity contribution in [2.75, 3.05) is 0 Å². The average Bonchev–Trinajstić information content (AvgIpc) is 2.66. The van der Waals surface area contributed by atoms with Gasteiger partial charge in [-0.05, 0) is 24.5 Å². The van der Waals surface area contributed by atoms with E-state index < -0.39 is 23.2 Å².